The van der Waals surface area contributed by atoms with Crippen LogP contribution in [0, 0.1) is 5.82 Å². The highest BCUT2D eigenvalue weighted by molar-refractivity contribution is 9.10. The van der Waals surface area contributed by atoms with Crippen molar-refractivity contribution in [2.24, 2.45) is 0 Å². The van der Waals surface area contributed by atoms with Gasteiger partial charge in [-0.2, -0.15) is 5.10 Å². The molecular formula is C25H19BrFN3OS. The normalized spacial score (nSPS) is 16.0. The van der Waals surface area contributed by atoms with Crippen LogP contribution in [0.1, 0.15) is 16.5 Å². The van der Waals surface area contributed by atoms with E-state index in [1.54, 1.807) is 23.9 Å². The molecule has 4 aromatic rings. The van der Waals surface area contributed by atoms with Gasteiger partial charge in [0.1, 0.15) is 11.2 Å². The zero-order valence-electron chi connectivity index (χ0n) is 17.0. The highest BCUT2D eigenvalue weighted by Gasteiger charge is 2.33. The Morgan fingerprint density at radius 3 is 2.44 bits per heavy atom. The average Bonchev–Trinajstić information content (AvgIpc) is 3.40. The number of halogens is 2. The van der Waals surface area contributed by atoms with Crippen molar-refractivity contribution in [1.82, 2.24) is 14.7 Å². The number of nitrogens with zero attached hydrogens (tertiary/aromatic N) is 3. The predicted octanol–water partition coefficient (Wildman–Crippen LogP) is 6.22. The van der Waals surface area contributed by atoms with E-state index < -0.39 is 0 Å². The van der Waals surface area contributed by atoms with Gasteiger partial charge in [-0.15, -0.1) is 11.8 Å². The van der Waals surface area contributed by atoms with E-state index in [-0.39, 0.29) is 17.1 Å². The van der Waals surface area contributed by atoms with Crippen molar-refractivity contribution in [3.63, 3.8) is 0 Å². The quantitative estimate of drug-likeness (QED) is 0.322. The van der Waals surface area contributed by atoms with Gasteiger partial charge >= 0.3 is 0 Å². The molecule has 1 saturated heterocycles. The van der Waals surface area contributed by atoms with Gasteiger partial charge in [-0.1, -0.05) is 46.3 Å². The summed E-state index contributed by atoms with van der Waals surface area (Å²) in [5.41, 5.74) is 4.48. The molecule has 160 valence electrons. The Bertz CT molecular complexity index is 1240. The highest BCUT2D eigenvalue weighted by Crippen LogP contribution is 2.40. The fourth-order valence-electron chi connectivity index (χ4n) is 3.80. The first-order chi connectivity index (χ1) is 15.6. The summed E-state index contributed by atoms with van der Waals surface area (Å²) >= 11 is 5.10. The smallest absolute Gasteiger partial charge is 0.234 e. The van der Waals surface area contributed by atoms with Crippen molar-refractivity contribution in [3.8, 4) is 16.9 Å². The summed E-state index contributed by atoms with van der Waals surface area (Å²) in [7, 11) is 0. The van der Waals surface area contributed by atoms with Gasteiger partial charge in [-0.05, 0) is 54.1 Å². The van der Waals surface area contributed by atoms with Crippen LogP contribution in [-0.4, -0.2) is 26.3 Å². The fourth-order valence-corrected chi connectivity index (χ4v) is 5.25. The molecule has 1 amide bonds. The molecule has 0 saturated carbocycles. The van der Waals surface area contributed by atoms with E-state index in [2.05, 4.69) is 15.9 Å². The molecule has 0 N–H and O–H groups in total. The molecule has 1 fully saturated rings. The van der Waals surface area contributed by atoms with Crippen molar-refractivity contribution in [2.45, 2.75) is 11.9 Å². The van der Waals surface area contributed by atoms with Crippen LogP contribution in [0.15, 0.2) is 89.5 Å². The van der Waals surface area contributed by atoms with Crippen LogP contribution in [0.3, 0.4) is 0 Å². The molecule has 0 bridgehead atoms. The van der Waals surface area contributed by atoms with Crippen LogP contribution in [-0.2, 0) is 11.3 Å². The molecule has 1 atom stereocenters. The minimum absolute atomic E-state index is 0.0586. The summed E-state index contributed by atoms with van der Waals surface area (Å²) < 4.78 is 16.4. The molecule has 32 heavy (non-hydrogen) atoms. The summed E-state index contributed by atoms with van der Waals surface area (Å²) in [5.74, 6) is 0.249. The molecule has 4 nitrogen and oxygen atoms in total. The van der Waals surface area contributed by atoms with Gasteiger partial charge < -0.3 is 4.90 Å². The lowest BCUT2D eigenvalue weighted by molar-refractivity contribution is -0.128. The molecule has 5 rings (SSSR count). The predicted molar refractivity (Wildman–Crippen MR) is 129 cm³/mol. The molecule has 2 heterocycles. The maximum absolute atomic E-state index is 13.5. The number of aromatic nitrogens is 2. The number of hydrogen-bond acceptors (Lipinski definition) is 3. The van der Waals surface area contributed by atoms with Crippen molar-refractivity contribution < 1.29 is 9.18 Å². The maximum Gasteiger partial charge on any atom is 0.234 e. The molecule has 0 radical (unpaired) electrons. The van der Waals surface area contributed by atoms with E-state index in [4.69, 9.17) is 5.10 Å². The van der Waals surface area contributed by atoms with Crippen molar-refractivity contribution in [3.05, 3.63) is 106 Å². The van der Waals surface area contributed by atoms with Gasteiger partial charge in [-0.25, -0.2) is 9.07 Å². The Balaban J connectivity index is 1.54. The number of thioether (sulfide) groups is 1. The second-order valence-electron chi connectivity index (χ2n) is 7.53. The summed E-state index contributed by atoms with van der Waals surface area (Å²) in [5, 5.41) is 4.74. The monoisotopic (exact) mass is 507 g/mol. The number of benzene rings is 3. The van der Waals surface area contributed by atoms with Gasteiger partial charge in [0.05, 0.1) is 23.7 Å². The van der Waals surface area contributed by atoms with Crippen LogP contribution < -0.4 is 0 Å². The molecule has 1 aliphatic rings. The minimum Gasteiger partial charge on any atom is -0.321 e. The van der Waals surface area contributed by atoms with Gasteiger partial charge in [0.15, 0.2) is 0 Å². The van der Waals surface area contributed by atoms with E-state index in [1.165, 1.54) is 12.1 Å². The van der Waals surface area contributed by atoms with Crippen LogP contribution in [0.25, 0.3) is 16.9 Å². The number of carbonyl (C=O) groups excluding carboxylic acids is 1. The molecule has 3 aromatic carbocycles. The fraction of sp³-hybridized carbons (Fsp3) is 0.120. The van der Waals surface area contributed by atoms with E-state index in [9.17, 15) is 9.18 Å². The minimum atomic E-state index is -0.292. The Labute approximate surface area is 198 Å². The molecular weight excluding hydrogens is 489 g/mol. The van der Waals surface area contributed by atoms with Crippen molar-refractivity contribution in [1.29, 1.82) is 0 Å². The lowest BCUT2D eigenvalue weighted by atomic mass is 10.1. The van der Waals surface area contributed by atoms with Crippen LogP contribution >= 0.6 is 27.7 Å². The summed E-state index contributed by atoms with van der Waals surface area (Å²) in [6, 6.07) is 24.2. The molecule has 0 unspecified atom stereocenters. The van der Waals surface area contributed by atoms with Crippen LogP contribution in [0.2, 0.25) is 0 Å². The van der Waals surface area contributed by atoms with Gasteiger partial charge in [0.2, 0.25) is 5.91 Å². The number of carbonyl (C=O) groups is 1. The molecule has 0 aliphatic carbocycles. The Hall–Kier alpha value is -2.90. The first-order valence-electron chi connectivity index (χ1n) is 10.1. The van der Waals surface area contributed by atoms with Gasteiger partial charge in [-0.3, -0.25) is 4.79 Å². The van der Waals surface area contributed by atoms with E-state index >= 15 is 0 Å². The van der Waals surface area contributed by atoms with Crippen LogP contribution in [0.4, 0.5) is 4.39 Å². The van der Waals surface area contributed by atoms with Crippen molar-refractivity contribution >= 4 is 33.6 Å². The highest BCUT2D eigenvalue weighted by atomic mass is 79.9. The second kappa shape index (κ2) is 8.92. The third-order valence-corrected chi connectivity index (χ3v) is 7.18. The first-order valence-corrected chi connectivity index (χ1v) is 12.0. The zero-order valence-corrected chi connectivity index (χ0v) is 19.4. The number of para-hydroxylation sites is 1. The molecule has 1 aliphatic heterocycles. The summed E-state index contributed by atoms with van der Waals surface area (Å²) in [6.45, 7) is 0.423. The molecule has 0 spiro atoms. The number of amides is 1. The largest absolute Gasteiger partial charge is 0.321 e. The standard InChI is InChI=1S/C25H19BrFN3OS/c26-20-10-6-18(7-11-20)25-29(23(31)16-32-25)14-19-15-30(22-4-2-1-3-5-22)28-24(19)17-8-12-21(27)13-9-17/h1-13,15,25H,14,16H2/t25-/m1/s1. The summed E-state index contributed by atoms with van der Waals surface area (Å²) in [6.07, 6.45) is 1.96. The SMILES string of the molecule is O=C1CS[C@H](c2ccc(Br)cc2)N1Cc1cn(-c2ccccc2)nc1-c1ccc(F)cc1. The van der Waals surface area contributed by atoms with Crippen molar-refractivity contribution in [2.75, 3.05) is 5.75 Å². The second-order valence-corrected chi connectivity index (χ2v) is 9.51. The third kappa shape index (κ3) is 4.23. The Morgan fingerprint density at radius 1 is 1.00 bits per heavy atom. The topological polar surface area (TPSA) is 38.1 Å². The third-order valence-electron chi connectivity index (χ3n) is 5.39. The number of rotatable bonds is 5. The van der Waals surface area contributed by atoms with Gasteiger partial charge in [0, 0.05) is 21.8 Å². The lowest BCUT2D eigenvalue weighted by Crippen LogP contribution is -2.27. The van der Waals surface area contributed by atoms with E-state index in [0.29, 0.717) is 12.3 Å². The number of hydrogen-bond donors (Lipinski definition) is 0. The summed E-state index contributed by atoms with van der Waals surface area (Å²) in [4.78, 5) is 14.7. The Kier molecular flexibility index (Phi) is 5.85. The average molecular weight is 508 g/mol. The lowest BCUT2D eigenvalue weighted by Gasteiger charge is -2.24. The molecule has 1 aromatic heterocycles. The molecule has 7 heteroatoms. The zero-order chi connectivity index (χ0) is 22.1. The maximum atomic E-state index is 13.5. The Morgan fingerprint density at radius 2 is 1.72 bits per heavy atom. The van der Waals surface area contributed by atoms with E-state index in [0.717, 1.165) is 32.5 Å². The first kappa shape index (κ1) is 21.0. The van der Waals surface area contributed by atoms with Crippen LogP contribution in [0.5, 0.6) is 0 Å². The van der Waals surface area contributed by atoms with E-state index in [1.807, 2.05) is 70.4 Å². The van der Waals surface area contributed by atoms with Gasteiger partial charge in [0.25, 0.3) is 0 Å².